The van der Waals surface area contributed by atoms with E-state index in [0.717, 1.165) is 92.2 Å². The molecule has 2 N–H and O–H groups in total. The van der Waals surface area contributed by atoms with Gasteiger partial charge < -0.3 is 34.2 Å². The molecule has 2 aromatic carbocycles. The van der Waals surface area contributed by atoms with Crippen molar-refractivity contribution >= 4 is 11.4 Å². The molecule has 8 rings (SSSR count). The zero-order valence-electron chi connectivity index (χ0n) is 29.9. The molecule has 2 saturated heterocycles. The number of alkyl halides is 3. The Kier molecular flexibility index (Phi) is 9.49. The fraction of sp³-hybridized carbons (Fsp3) is 0.463. The zero-order chi connectivity index (χ0) is 36.9. The number of anilines is 2. The van der Waals surface area contributed by atoms with Crippen LogP contribution in [0.1, 0.15) is 77.5 Å². The van der Waals surface area contributed by atoms with Crippen LogP contribution in [-0.4, -0.2) is 60.6 Å². The Balaban J connectivity index is 0.869. The minimum absolute atomic E-state index is 0.0500. The summed E-state index contributed by atoms with van der Waals surface area (Å²) in [4.78, 5) is 13.4. The Morgan fingerprint density at radius 1 is 0.811 bits per heavy atom. The molecule has 1 aliphatic carbocycles. The van der Waals surface area contributed by atoms with Crippen LogP contribution < -0.4 is 19.3 Å². The van der Waals surface area contributed by atoms with Crippen LogP contribution in [0.3, 0.4) is 0 Å². The van der Waals surface area contributed by atoms with E-state index in [0.29, 0.717) is 30.1 Å². The van der Waals surface area contributed by atoms with E-state index in [1.165, 1.54) is 17.7 Å². The van der Waals surface area contributed by atoms with Gasteiger partial charge in [-0.15, -0.1) is 0 Å². The summed E-state index contributed by atoms with van der Waals surface area (Å²) >= 11 is 0. The van der Waals surface area contributed by atoms with Gasteiger partial charge >= 0.3 is 6.18 Å². The van der Waals surface area contributed by atoms with E-state index in [9.17, 15) is 23.4 Å². The van der Waals surface area contributed by atoms with Crippen LogP contribution >= 0.6 is 0 Å². The number of pyridine rings is 2. The molecule has 3 atom stereocenters. The molecule has 2 aromatic heterocycles. The topological polar surface area (TPSA) is 100 Å². The van der Waals surface area contributed by atoms with Gasteiger partial charge in [0.15, 0.2) is 0 Å². The van der Waals surface area contributed by atoms with Crippen LogP contribution in [0.2, 0.25) is 0 Å². The molecule has 3 fully saturated rings. The quantitative estimate of drug-likeness (QED) is 0.185. The maximum Gasteiger partial charge on any atom is 0.416 e. The lowest BCUT2D eigenvalue weighted by molar-refractivity contribution is -0.137. The number of hydrogen-bond donors (Lipinski definition) is 2. The highest BCUT2D eigenvalue weighted by Crippen LogP contribution is 2.57. The van der Waals surface area contributed by atoms with Gasteiger partial charge in [0.25, 0.3) is 0 Å². The number of methoxy groups -OCH3 is 2. The van der Waals surface area contributed by atoms with Gasteiger partial charge in [0, 0.05) is 85.2 Å². The Labute approximate surface area is 307 Å². The minimum atomic E-state index is -4.34. The third-order valence-corrected chi connectivity index (χ3v) is 12.0. The molecule has 4 aliphatic rings. The first-order valence-electron chi connectivity index (χ1n) is 18.3. The van der Waals surface area contributed by atoms with Gasteiger partial charge in [0.05, 0.1) is 44.3 Å². The largest absolute Gasteiger partial charge is 0.496 e. The van der Waals surface area contributed by atoms with Crippen molar-refractivity contribution in [2.24, 2.45) is 17.3 Å². The Bertz CT molecular complexity index is 1920. The standard InChI is InChI=1S/C41H45F3N4O5/c1-51-35-9-12-45-20-32(35)38(49)25-10-13-47(14-11-25)31-6-3-26-22-53-37(16-27(26)15-31)34-17-36(52-2)33(21-46-34)39(50)28-18-40(19-28)23-48(24-40)30-7-4-29(5-8-30)41(42,43)44/h3-9,12,15,17,20-21,25,28,37-39,49-50H,10-11,13-14,16,18-19,22-24H2,1-2H3. The summed E-state index contributed by atoms with van der Waals surface area (Å²) in [5.41, 5.74) is 5.90. The molecule has 1 saturated carbocycles. The average Bonchev–Trinajstić information content (AvgIpc) is 3.15. The van der Waals surface area contributed by atoms with E-state index >= 15 is 0 Å². The zero-order valence-corrected chi connectivity index (χ0v) is 29.9. The van der Waals surface area contributed by atoms with Crippen LogP contribution in [0, 0.1) is 17.3 Å². The Morgan fingerprint density at radius 3 is 2.19 bits per heavy atom. The highest BCUT2D eigenvalue weighted by molar-refractivity contribution is 5.53. The van der Waals surface area contributed by atoms with Crippen LogP contribution in [0.25, 0.3) is 0 Å². The summed E-state index contributed by atoms with van der Waals surface area (Å²) in [5, 5.41) is 22.5. The fourth-order valence-electron chi connectivity index (χ4n) is 8.94. The van der Waals surface area contributed by atoms with Gasteiger partial charge in [-0.3, -0.25) is 9.97 Å². The third-order valence-electron chi connectivity index (χ3n) is 12.0. The van der Waals surface area contributed by atoms with Crippen molar-refractivity contribution < 1.29 is 37.6 Å². The molecule has 12 heteroatoms. The number of ether oxygens (including phenoxy) is 3. The fourth-order valence-corrected chi connectivity index (χ4v) is 8.94. The summed E-state index contributed by atoms with van der Waals surface area (Å²) in [6, 6.07) is 15.6. The molecule has 3 aliphatic heterocycles. The first-order chi connectivity index (χ1) is 25.5. The normalized spacial score (nSPS) is 21.4. The van der Waals surface area contributed by atoms with E-state index in [2.05, 4.69) is 33.0 Å². The van der Waals surface area contributed by atoms with E-state index in [4.69, 9.17) is 19.2 Å². The minimum Gasteiger partial charge on any atom is -0.496 e. The summed E-state index contributed by atoms with van der Waals surface area (Å²) in [7, 11) is 3.21. The first kappa shape index (κ1) is 35.6. The molecule has 0 amide bonds. The number of halogens is 3. The van der Waals surface area contributed by atoms with Crippen LogP contribution in [0.15, 0.2) is 73.2 Å². The second kappa shape index (κ2) is 14.1. The lowest BCUT2D eigenvalue weighted by Crippen LogP contribution is -2.63. The lowest BCUT2D eigenvalue weighted by Gasteiger charge is -2.60. The monoisotopic (exact) mass is 730 g/mol. The van der Waals surface area contributed by atoms with Crippen molar-refractivity contribution in [1.82, 2.24) is 9.97 Å². The Morgan fingerprint density at radius 2 is 1.49 bits per heavy atom. The number of aliphatic hydroxyl groups excluding tert-OH is 2. The Hall–Kier alpha value is -4.39. The second-order valence-corrected chi connectivity index (χ2v) is 15.2. The molecular formula is C41H45F3N4O5. The summed E-state index contributed by atoms with van der Waals surface area (Å²) in [6.07, 6.45) is 3.16. The molecular weight excluding hydrogens is 685 g/mol. The SMILES string of the molecule is COc1ccncc1C(O)C1CCN(c2ccc3c(c2)CC(c2cc(OC)c(C(O)C4CC5(C4)CN(c4ccc(C(F)(F)F)cc4)C5)cn2)OC3)CC1. The summed E-state index contributed by atoms with van der Waals surface area (Å²) in [6.45, 7) is 3.68. The van der Waals surface area contributed by atoms with Crippen LogP contribution in [0.5, 0.6) is 11.5 Å². The average molecular weight is 731 g/mol. The third kappa shape index (κ3) is 6.92. The van der Waals surface area contributed by atoms with Crippen molar-refractivity contribution in [2.45, 2.75) is 63.2 Å². The molecule has 0 bridgehead atoms. The predicted octanol–water partition coefficient (Wildman–Crippen LogP) is 7.23. The molecule has 1 spiro atoms. The predicted molar refractivity (Wildman–Crippen MR) is 193 cm³/mol. The smallest absolute Gasteiger partial charge is 0.416 e. The van der Waals surface area contributed by atoms with Crippen molar-refractivity contribution in [2.75, 3.05) is 50.2 Å². The molecule has 0 radical (unpaired) electrons. The molecule has 9 nitrogen and oxygen atoms in total. The van der Waals surface area contributed by atoms with E-state index < -0.39 is 23.9 Å². The maximum atomic E-state index is 13.0. The maximum absolute atomic E-state index is 13.0. The highest BCUT2D eigenvalue weighted by Gasteiger charge is 2.54. The van der Waals surface area contributed by atoms with Gasteiger partial charge in [-0.2, -0.15) is 13.2 Å². The van der Waals surface area contributed by atoms with Gasteiger partial charge in [-0.05, 0) is 91.1 Å². The van der Waals surface area contributed by atoms with Gasteiger partial charge in [-0.25, -0.2) is 0 Å². The van der Waals surface area contributed by atoms with Crippen LogP contribution in [0.4, 0.5) is 24.5 Å². The number of nitrogens with zero attached hydrogens (tertiary/aromatic N) is 4. The van der Waals surface area contributed by atoms with Gasteiger partial charge in [-0.1, -0.05) is 6.07 Å². The summed E-state index contributed by atoms with van der Waals surface area (Å²) < 4.78 is 56.4. The summed E-state index contributed by atoms with van der Waals surface area (Å²) in [5.74, 6) is 1.42. The number of rotatable bonds is 9. The highest BCUT2D eigenvalue weighted by atomic mass is 19.4. The van der Waals surface area contributed by atoms with Crippen molar-refractivity contribution in [3.05, 3.63) is 107 Å². The molecule has 4 aromatic rings. The van der Waals surface area contributed by atoms with Crippen molar-refractivity contribution in [3.8, 4) is 11.5 Å². The second-order valence-electron chi connectivity index (χ2n) is 15.2. The molecule has 5 heterocycles. The number of fused-ring (bicyclic) bond motifs is 1. The first-order valence-corrected chi connectivity index (χ1v) is 18.3. The van der Waals surface area contributed by atoms with E-state index in [1.54, 1.807) is 38.9 Å². The van der Waals surface area contributed by atoms with Gasteiger partial charge in [0.1, 0.15) is 17.6 Å². The molecule has 53 heavy (non-hydrogen) atoms. The van der Waals surface area contributed by atoms with E-state index in [1.807, 2.05) is 6.07 Å². The number of aliphatic hydroxyl groups is 2. The van der Waals surface area contributed by atoms with Crippen LogP contribution in [-0.2, 0) is 23.9 Å². The molecule has 3 unspecified atom stereocenters. The number of hydrogen-bond acceptors (Lipinski definition) is 9. The van der Waals surface area contributed by atoms with Gasteiger partial charge in [0.2, 0.25) is 0 Å². The number of benzene rings is 2. The van der Waals surface area contributed by atoms with E-state index in [-0.39, 0.29) is 23.4 Å². The van der Waals surface area contributed by atoms with Crippen molar-refractivity contribution in [3.63, 3.8) is 0 Å². The molecule has 280 valence electrons. The van der Waals surface area contributed by atoms with Crippen molar-refractivity contribution in [1.29, 1.82) is 0 Å². The number of aromatic nitrogens is 2. The lowest BCUT2D eigenvalue weighted by atomic mass is 9.55. The number of piperidine rings is 1.